The largest absolute Gasteiger partial charge is 0.466 e. The molecule has 3 rings (SSSR count). The van der Waals surface area contributed by atoms with Crippen LogP contribution in [-0.2, 0) is 25.6 Å². The van der Waals surface area contributed by atoms with Crippen LogP contribution in [-0.4, -0.2) is 57.0 Å². The number of benzene rings is 1. The van der Waals surface area contributed by atoms with Crippen LogP contribution >= 0.6 is 0 Å². The molecule has 3 aromatic rings. The third-order valence-electron chi connectivity index (χ3n) is 4.93. The van der Waals surface area contributed by atoms with Crippen molar-refractivity contribution in [3.05, 3.63) is 52.1 Å². The van der Waals surface area contributed by atoms with E-state index in [4.69, 9.17) is 15.2 Å². The number of aromatic nitrogens is 4. The van der Waals surface area contributed by atoms with Crippen LogP contribution in [0.15, 0.2) is 35.3 Å². The summed E-state index contributed by atoms with van der Waals surface area (Å²) in [6, 6.07) is 5.52. The van der Waals surface area contributed by atoms with E-state index in [9.17, 15) is 19.2 Å². The number of amides is 1. The van der Waals surface area contributed by atoms with Gasteiger partial charge in [-0.2, -0.15) is 4.98 Å². The van der Waals surface area contributed by atoms with E-state index in [1.807, 2.05) is 0 Å². The van der Waals surface area contributed by atoms with Gasteiger partial charge < -0.3 is 25.8 Å². The zero-order valence-corrected chi connectivity index (χ0v) is 19.9. The number of nitrogens with one attached hydrogen (secondary N) is 3. The van der Waals surface area contributed by atoms with Crippen molar-refractivity contribution in [3.63, 3.8) is 0 Å². The van der Waals surface area contributed by atoms with Gasteiger partial charge in [-0.1, -0.05) is 0 Å². The van der Waals surface area contributed by atoms with E-state index in [1.54, 1.807) is 38.1 Å². The standard InChI is InChI=1S/C23H27N7O6/c1-3-35-17(31)10-9-16(22(34)36-4-2)28-20(32)13-5-7-14(8-6-13)25-11-15-12-26-19-18(27-15)21(33)30-23(24)29-19/h5-8,12,16,25H,3-4,9-11H2,1-2H3,(H,28,32)(H3,24,26,29,30,33)/t16-/m0/s1. The SMILES string of the molecule is CCOC(=O)CC[C@H](NC(=O)c1ccc(NCc2cnc3nc(N)[nH]c(=O)c3n2)cc1)C(=O)OCC. The molecule has 36 heavy (non-hydrogen) atoms. The lowest BCUT2D eigenvalue weighted by Crippen LogP contribution is -2.42. The van der Waals surface area contributed by atoms with Crippen LogP contribution in [0.4, 0.5) is 11.6 Å². The molecule has 0 saturated carbocycles. The van der Waals surface area contributed by atoms with Crippen molar-refractivity contribution in [1.82, 2.24) is 25.3 Å². The number of H-pyrrole nitrogens is 1. The number of nitrogens with zero attached hydrogens (tertiary/aromatic N) is 3. The molecule has 2 heterocycles. The van der Waals surface area contributed by atoms with Crippen molar-refractivity contribution in [2.45, 2.75) is 39.3 Å². The van der Waals surface area contributed by atoms with Crippen molar-refractivity contribution in [2.24, 2.45) is 0 Å². The first-order valence-corrected chi connectivity index (χ1v) is 11.3. The van der Waals surface area contributed by atoms with E-state index in [0.29, 0.717) is 16.9 Å². The molecule has 0 unspecified atom stereocenters. The highest BCUT2D eigenvalue weighted by atomic mass is 16.5. The van der Waals surface area contributed by atoms with Gasteiger partial charge in [0.25, 0.3) is 11.5 Å². The van der Waals surface area contributed by atoms with Crippen LogP contribution < -0.4 is 21.9 Å². The van der Waals surface area contributed by atoms with Crippen LogP contribution in [0.25, 0.3) is 11.2 Å². The fraction of sp³-hybridized carbons (Fsp3) is 0.348. The van der Waals surface area contributed by atoms with Crippen LogP contribution in [0.2, 0.25) is 0 Å². The van der Waals surface area contributed by atoms with Crippen LogP contribution in [0, 0.1) is 0 Å². The Labute approximate surface area is 205 Å². The van der Waals surface area contributed by atoms with Gasteiger partial charge in [0, 0.05) is 17.7 Å². The lowest BCUT2D eigenvalue weighted by molar-refractivity contribution is -0.146. The first-order valence-electron chi connectivity index (χ1n) is 11.3. The van der Waals surface area contributed by atoms with Gasteiger partial charge in [-0.25, -0.2) is 14.8 Å². The highest BCUT2D eigenvalue weighted by Gasteiger charge is 2.24. The molecular weight excluding hydrogens is 470 g/mol. The lowest BCUT2D eigenvalue weighted by atomic mass is 10.1. The summed E-state index contributed by atoms with van der Waals surface area (Å²) in [5.74, 6) is -1.61. The van der Waals surface area contributed by atoms with Crippen molar-refractivity contribution in [3.8, 4) is 0 Å². The second-order valence-corrected chi connectivity index (χ2v) is 7.54. The number of ether oxygens (including phenoxy) is 2. The summed E-state index contributed by atoms with van der Waals surface area (Å²) in [6.07, 6.45) is 1.50. The number of carbonyl (C=O) groups is 3. The minimum Gasteiger partial charge on any atom is -0.466 e. The van der Waals surface area contributed by atoms with Gasteiger partial charge in [0.05, 0.1) is 31.6 Å². The minimum absolute atomic E-state index is 0.0343. The predicted molar refractivity (Wildman–Crippen MR) is 130 cm³/mol. The van der Waals surface area contributed by atoms with Crippen molar-refractivity contribution >= 4 is 40.6 Å². The third kappa shape index (κ3) is 6.98. The number of fused-ring (bicyclic) bond motifs is 1. The normalized spacial score (nSPS) is 11.5. The number of esters is 2. The summed E-state index contributed by atoms with van der Waals surface area (Å²) in [6.45, 7) is 3.98. The van der Waals surface area contributed by atoms with Gasteiger partial charge in [-0.05, 0) is 44.5 Å². The van der Waals surface area contributed by atoms with Gasteiger partial charge >= 0.3 is 11.9 Å². The van der Waals surface area contributed by atoms with E-state index in [1.165, 1.54) is 6.20 Å². The fourth-order valence-electron chi connectivity index (χ4n) is 3.22. The summed E-state index contributed by atoms with van der Waals surface area (Å²) < 4.78 is 9.88. The lowest BCUT2D eigenvalue weighted by Gasteiger charge is -2.17. The molecule has 5 N–H and O–H groups in total. The molecule has 1 atom stereocenters. The van der Waals surface area contributed by atoms with Crippen LogP contribution in [0.1, 0.15) is 42.7 Å². The van der Waals surface area contributed by atoms with Crippen molar-refractivity contribution in [1.29, 1.82) is 0 Å². The third-order valence-corrected chi connectivity index (χ3v) is 4.93. The maximum Gasteiger partial charge on any atom is 0.328 e. The fourth-order valence-corrected chi connectivity index (χ4v) is 3.22. The molecule has 2 aromatic heterocycles. The summed E-state index contributed by atoms with van der Waals surface area (Å²) in [4.78, 5) is 63.2. The van der Waals surface area contributed by atoms with E-state index >= 15 is 0 Å². The Morgan fingerprint density at radius 3 is 2.50 bits per heavy atom. The monoisotopic (exact) mass is 497 g/mol. The molecular formula is C23H27N7O6. The highest BCUT2D eigenvalue weighted by molar-refractivity contribution is 5.97. The zero-order valence-electron chi connectivity index (χ0n) is 19.9. The summed E-state index contributed by atoms with van der Waals surface area (Å²) >= 11 is 0. The molecule has 1 aromatic carbocycles. The van der Waals surface area contributed by atoms with Gasteiger partial charge in [0.1, 0.15) is 6.04 Å². The zero-order chi connectivity index (χ0) is 26.1. The number of hydrogen-bond donors (Lipinski definition) is 4. The Bertz CT molecular complexity index is 1290. The Hall–Kier alpha value is -4.55. The van der Waals surface area contributed by atoms with E-state index in [0.717, 1.165) is 0 Å². The van der Waals surface area contributed by atoms with Crippen LogP contribution in [0.5, 0.6) is 0 Å². The second-order valence-electron chi connectivity index (χ2n) is 7.54. The number of nitrogen functional groups attached to an aromatic ring is 1. The summed E-state index contributed by atoms with van der Waals surface area (Å²) in [5, 5.41) is 5.74. The highest BCUT2D eigenvalue weighted by Crippen LogP contribution is 2.12. The van der Waals surface area contributed by atoms with Crippen molar-refractivity contribution in [2.75, 3.05) is 24.3 Å². The molecule has 0 bridgehead atoms. The molecule has 1 amide bonds. The quantitative estimate of drug-likeness (QED) is 0.275. The molecule has 0 aliphatic heterocycles. The summed E-state index contributed by atoms with van der Waals surface area (Å²) in [7, 11) is 0. The molecule has 0 aliphatic carbocycles. The number of hydrogen-bond acceptors (Lipinski definition) is 11. The smallest absolute Gasteiger partial charge is 0.328 e. The predicted octanol–water partition coefficient (Wildman–Crippen LogP) is 0.912. The van der Waals surface area contributed by atoms with Gasteiger partial charge in [0.2, 0.25) is 5.95 Å². The van der Waals surface area contributed by atoms with Gasteiger partial charge in [-0.15, -0.1) is 0 Å². The average molecular weight is 498 g/mol. The molecule has 0 fully saturated rings. The molecule has 0 aliphatic rings. The Morgan fingerprint density at radius 2 is 1.81 bits per heavy atom. The Balaban J connectivity index is 1.61. The maximum atomic E-state index is 12.7. The average Bonchev–Trinajstić information content (AvgIpc) is 2.85. The number of nitrogens with two attached hydrogens (primary N) is 1. The molecule has 13 nitrogen and oxygen atoms in total. The van der Waals surface area contributed by atoms with Gasteiger partial charge in [0.15, 0.2) is 11.2 Å². The number of carbonyl (C=O) groups excluding carboxylic acids is 3. The van der Waals surface area contributed by atoms with E-state index in [-0.39, 0.29) is 49.7 Å². The summed E-state index contributed by atoms with van der Waals surface area (Å²) in [5.41, 5.74) is 6.75. The van der Waals surface area contributed by atoms with E-state index in [2.05, 4.69) is 30.6 Å². The number of rotatable bonds is 11. The second kappa shape index (κ2) is 12.2. The topological polar surface area (TPSA) is 191 Å². The number of anilines is 2. The molecule has 0 saturated heterocycles. The van der Waals surface area contributed by atoms with E-state index < -0.39 is 29.4 Å². The first-order chi connectivity index (χ1) is 17.3. The Morgan fingerprint density at radius 1 is 1.08 bits per heavy atom. The number of aromatic amines is 1. The molecule has 190 valence electrons. The molecule has 13 heteroatoms. The van der Waals surface area contributed by atoms with Gasteiger partial charge in [-0.3, -0.25) is 19.4 Å². The van der Waals surface area contributed by atoms with Crippen molar-refractivity contribution < 1.29 is 23.9 Å². The Kier molecular flexibility index (Phi) is 8.86. The minimum atomic E-state index is -0.987. The first kappa shape index (κ1) is 26.1. The molecule has 0 spiro atoms. The molecule has 0 radical (unpaired) electrons. The van der Waals surface area contributed by atoms with Crippen LogP contribution in [0.3, 0.4) is 0 Å². The maximum absolute atomic E-state index is 12.7.